The summed E-state index contributed by atoms with van der Waals surface area (Å²) >= 11 is 3.61. The molecule has 4 nitrogen and oxygen atoms in total. The quantitative estimate of drug-likeness (QED) is 0.359. The van der Waals surface area contributed by atoms with Crippen LogP contribution < -0.4 is 4.72 Å². The van der Waals surface area contributed by atoms with Gasteiger partial charge in [0.1, 0.15) is 5.75 Å². The molecule has 0 amide bonds. The van der Waals surface area contributed by atoms with Gasteiger partial charge in [-0.1, -0.05) is 93.4 Å². The van der Waals surface area contributed by atoms with Crippen molar-refractivity contribution in [2.45, 2.75) is 70.2 Å². The topological polar surface area (TPSA) is 66.4 Å². The van der Waals surface area contributed by atoms with E-state index in [2.05, 4.69) is 20.7 Å². The maximum Gasteiger partial charge on any atom is 0.241 e. The molecule has 0 spiro atoms. The van der Waals surface area contributed by atoms with Crippen molar-refractivity contribution in [2.24, 2.45) is 0 Å². The second-order valence-corrected chi connectivity index (χ2v) is 13.4. The third kappa shape index (κ3) is 5.73. The first-order valence-corrected chi connectivity index (χ1v) is 13.6. The van der Waals surface area contributed by atoms with E-state index in [-0.39, 0.29) is 21.5 Å². The zero-order valence-corrected chi connectivity index (χ0v) is 23.3. The molecule has 0 saturated carbocycles. The Hall–Kier alpha value is -2.15. The lowest BCUT2D eigenvalue weighted by molar-refractivity contribution is 0.422. The number of nitrogens with one attached hydrogen (secondary N) is 1. The molecule has 0 saturated heterocycles. The van der Waals surface area contributed by atoms with Gasteiger partial charge in [-0.25, -0.2) is 8.42 Å². The molecule has 34 heavy (non-hydrogen) atoms. The molecule has 0 aliphatic rings. The minimum Gasteiger partial charge on any atom is -0.507 e. The first-order valence-electron chi connectivity index (χ1n) is 11.3. The van der Waals surface area contributed by atoms with Crippen molar-refractivity contribution >= 4 is 26.0 Å². The van der Waals surface area contributed by atoms with Gasteiger partial charge in [0.25, 0.3) is 0 Å². The van der Waals surface area contributed by atoms with E-state index in [1.807, 2.05) is 84.9 Å². The number of aryl methyl sites for hydroxylation is 1. The molecule has 0 aliphatic carbocycles. The second kappa shape index (κ2) is 9.48. The number of aromatic hydroxyl groups is 1. The van der Waals surface area contributed by atoms with Gasteiger partial charge in [-0.05, 0) is 70.3 Å². The van der Waals surface area contributed by atoms with Gasteiger partial charge in [-0.15, -0.1) is 0 Å². The molecule has 0 fully saturated rings. The summed E-state index contributed by atoms with van der Waals surface area (Å²) in [7, 11) is -3.83. The summed E-state index contributed by atoms with van der Waals surface area (Å²) in [6.45, 7) is 14.2. The monoisotopic (exact) mass is 543 g/mol. The van der Waals surface area contributed by atoms with Crippen molar-refractivity contribution in [1.29, 1.82) is 0 Å². The maximum atomic E-state index is 13.5. The molecule has 0 bridgehead atoms. The highest BCUT2D eigenvalue weighted by atomic mass is 79.9. The van der Waals surface area contributed by atoms with Gasteiger partial charge < -0.3 is 5.11 Å². The average molecular weight is 545 g/mol. The highest BCUT2D eigenvalue weighted by molar-refractivity contribution is 9.10. The van der Waals surface area contributed by atoms with E-state index in [4.69, 9.17) is 0 Å². The van der Waals surface area contributed by atoms with E-state index in [1.165, 1.54) is 0 Å². The largest absolute Gasteiger partial charge is 0.507 e. The van der Waals surface area contributed by atoms with Gasteiger partial charge in [-0.2, -0.15) is 4.72 Å². The van der Waals surface area contributed by atoms with Crippen molar-refractivity contribution in [3.05, 3.63) is 93.0 Å². The van der Waals surface area contributed by atoms with Gasteiger partial charge in [0, 0.05) is 4.47 Å². The number of hydrogen-bond acceptors (Lipinski definition) is 3. The van der Waals surface area contributed by atoms with Crippen LogP contribution in [0.5, 0.6) is 5.75 Å². The van der Waals surface area contributed by atoms with Crippen LogP contribution in [-0.4, -0.2) is 13.5 Å². The summed E-state index contributed by atoms with van der Waals surface area (Å²) in [5, 5.41) is 11.2. The van der Waals surface area contributed by atoms with Crippen LogP contribution in [0.3, 0.4) is 0 Å². The Morgan fingerprint density at radius 3 is 1.82 bits per heavy atom. The van der Waals surface area contributed by atoms with Crippen LogP contribution in [-0.2, 0) is 20.9 Å². The van der Waals surface area contributed by atoms with Crippen molar-refractivity contribution < 1.29 is 13.5 Å². The number of sulfonamides is 1. The van der Waals surface area contributed by atoms with E-state index >= 15 is 0 Å². The number of phenolic OH excluding ortho intramolecular Hbond substituents is 1. The Bertz CT molecular complexity index is 1250. The molecule has 3 aromatic carbocycles. The van der Waals surface area contributed by atoms with Crippen LogP contribution in [0.4, 0.5) is 0 Å². The molecule has 0 aliphatic heterocycles. The summed E-state index contributed by atoms with van der Waals surface area (Å²) in [6.07, 6.45) is 0. The first kappa shape index (κ1) is 26.5. The molecule has 3 aromatic rings. The highest BCUT2D eigenvalue weighted by Crippen LogP contribution is 2.42. The molecule has 2 N–H and O–H groups in total. The third-order valence-corrected chi connectivity index (χ3v) is 8.06. The lowest BCUT2D eigenvalue weighted by Crippen LogP contribution is -2.30. The van der Waals surface area contributed by atoms with Crippen LogP contribution in [0, 0.1) is 6.92 Å². The fourth-order valence-corrected chi connectivity index (χ4v) is 5.65. The van der Waals surface area contributed by atoms with E-state index in [9.17, 15) is 13.5 Å². The Morgan fingerprint density at radius 2 is 1.35 bits per heavy atom. The molecule has 0 aromatic heterocycles. The van der Waals surface area contributed by atoms with Crippen LogP contribution in [0.15, 0.2) is 70.0 Å². The van der Waals surface area contributed by atoms with Crippen molar-refractivity contribution in [2.75, 3.05) is 0 Å². The Kier molecular flexibility index (Phi) is 7.38. The van der Waals surface area contributed by atoms with Crippen molar-refractivity contribution in [3.8, 4) is 5.75 Å². The van der Waals surface area contributed by atoms with E-state index in [0.717, 1.165) is 32.3 Å². The minimum atomic E-state index is -3.83. The SMILES string of the molecule is Cc1ccc(S(=O)(=O)NC(c2cc(C(C)(C)C)c(O)c(C(C)(C)C)c2)c2ccccc2Br)cc1. The van der Waals surface area contributed by atoms with Crippen molar-refractivity contribution in [1.82, 2.24) is 4.72 Å². The maximum absolute atomic E-state index is 13.5. The number of hydrogen-bond donors (Lipinski definition) is 2. The third-order valence-electron chi connectivity index (χ3n) is 5.90. The molecular formula is C28H34BrNO3S. The fourth-order valence-electron chi connectivity index (χ4n) is 3.93. The number of phenols is 1. The molecule has 1 unspecified atom stereocenters. The van der Waals surface area contributed by atoms with Gasteiger partial charge in [-0.3, -0.25) is 0 Å². The van der Waals surface area contributed by atoms with E-state index < -0.39 is 16.1 Å². The molecule has 3 rings (SSSR count). The highest BCUT2D eigenvalue weighted by Gasteiger charge is 2.31. The van der Waals surface area contributed by atoms with Gasteiger partial charge in [0.15, 0.2) is 0 Å². The molecular weight excluding hydrogens is 510 g/mol. The lowest BCUT2D eigenvalue weighted by Gasteiger charge is -2.30. The zero-order chi connectivity index (χ0) is 25.5. The average Bonchev–Trinajstić information content (AvgIpc) is 2.71. The van der Waals surface area contributed by atoms with Gasteiger partial charge in [0.2, 0.25) is 10.0 Å². The predicted molar refractivity (Wildman–Crippen MR) is 143 cm³/mol. The second-order valence-electron chi connectivity index (χ2n) is 10.9. The van der Waals surface area contributed by atoms with Crippen molar-refractivity contribution in [3.63, 3.8) is 0 Å². The Balaban J connectivity index is 2.28. The van der Waals surface area contributed by atoms with E-state index in [1.54, 1.807) is 24.3 Å². The summed E-state index contributed by atoms with van der Waals surface area (Å²) in [5.41, 5.74) is 3.44. The predicted octanol–water partition coefficient (Wildman–Crippen LogP) is 7.13. The standard InChI is InChI=1S/C28H34BrNO3S/c1-18-12-14-20(15-13-18)34(32,33)30-25(21-10-8-9-11-24(21)29)19-16-22(27(2,3)4)26(31)23(17-19)28(5,6)7/h8-17,25,30-31H,1-7H3. The normalized spacial score (nSPS) is 13.6. The summed E-state index contributed by atoms with van der Waals surface area (Å²) in [5.74, 6) is 0.260. The zero-order valence-electron chi connectivity index (χ0n) is 20.9. The fraction of sp³-hybridized carbons (Fsp3) is 0.357. The van der Waals surface area contributed by atoms with Crippen LogP contribution >= 0.6 is 15.9 Å². The molecule has 182 valence electrons. The number of benzene rings is 3. The number of halogens is 1. The van der Waals surface area contributed by atoms with Crippen LogP contribution in [0.1, 0.15) is 75.4 Å². The summed E-state index contributed by atoms with van der Waals surface area (Å²) < 4.78 is 30.7. The first-order chi connectivity index (χ1) is 15.6. The van der Waals surface area contributed by atoms with Gasteiger partial charge >= 0.3 is 0 Å². The van der Waals surface area contributed by atoms with Crippen LogP contribution in [0.2, 0.25) is 0 Å². The Morgan fingerprint density at radius 1 is 0.853 bits per heavy atom. The summed E-state index contributed by atoms with van der Waals surface area (Å²) in [6, 6.07) is 17.6. The van der Waals surface area contributed by atoms with Gasteiger partial charge in [0.05, 0.1) is 10.9 Å². The molecule has 1 atom stereocenters. The van der Waals surface area contributed by atoms with E-state index in [0.29, 0.717) is 0 Å². The molecule has 0 radical (unpaired) electrons. The summed E-state index contributed by atoms with van der Waals surface area (Å²) in [4.78, 5) is 0.209. The smallest absolute Gasteiger partial charge is 0.241 e. The lowest BCUT2D eigenvalue weighted by atomic mass is 9.77. The molecule has 0 heterocycles. The minimum absolute atomic E-state index is 0.209. The molecule has 6 heteroatoms. The Labute approximate surface area is 212 Å². The van der Waals surface area contributed by atoms with Crippen LogP contribution in [0.25, 0.3) is 0 Å². The number of rotatable bonds is 5.